The van der Waals surface area contributed by atoms with Crippen LogP contribution in [-0.2, 0) is 39.1 Å². The Labute approximate surface area is 394 Å². The summed E-state index contributed by atoms with van der Waals surface area (Å²) in [5.41, 5.74) is 7.31. The molecule has 0 aliphatic carbocycles. The van der Waals surface area contributed by atoms with Gasteiger partial charge in [-0.15, -0.1) is 0 Å². The first-order chi connectivity index (χ1) is 28.8. The summed E-state index contributed by atoms with van der Waals surface area (Å²) in [5.74, 6) is -0.803. The van der Waals surface area contributed by atoms with Gasteiger partial charge in [-0.2, -0.15) is 0 Å². The van der Waals surface area contributed by atoms with E-state index in [1.165, 1.54) is 14.0 Å². The molecule has 0 aromatic heterocycles. The maximum atomic E-state index is 14.3. The predicted molar refractivity (Wildman–Crippen MR) is 272 cm³/mol. The van der Waals surface area contributed by atoms with Crippen LogP contribution in [0.1, 0.15) is 145 Å². The van der Waals surface area contributed by atoms with Crippen molar-refractivity contribution in [3.63, 3.8) is 0 Å². The summed E-state index contributed by atoms with van der Waals surface area (Å²) in [7, 11) is -8.23. The van der Waals surface area contributed by atoms with Gasteiger partial charge >= 0.3 is 11.9 Å². The zero-order valence-electron chi connectivity index (χ0n) is 44.9. The molecule has 1 fully saturated rings. The first kappa shape index (κ1) is 58.1. The van der Waals surface area contributed by atoms with E-state index in [4.69, 9.17) is 37.6 Å². The van der Waals surface area contributed by atoms with Crippen LogP contribution in [0.2, 0.25) is 72.5 Å². The first-order valence-electron chi connectivity index (χ1n) is 23.9. The number of amides is 1. The normalized spacial score (nSPS) is 20.5. The summed E-state index contributed by atoms with van der Waals surface area (Å²) in [6, 6.07) is 4.77. The van der Waals surface area contributed by atoms with E-state index in [9.17, 15) is 14.4 Å². The van der Waals surface area contributed by atoms with Gasteiger partial charge in [0.1, 0.15) is 29.3 Å². The molecule has 0 radical (unpaired) electrons. The quantitative estimate of drug-likeness (QED) is 0.0991. The molecule has 0 spiro atoms. The molecule has 15 heteroatoms. The van der Waals surface area contributed by atoms with Crippen LogP contribution in [0.15, 0.2) is 6.07 Å². The molecule has 1 heterocycles. The molecular formula is C49H93NO10Si4. The second-order valence-electron chi connectivity index (χ2n) is 23.9. The molecule has 64 heavy (non-hydrogen) atoms. The molecule has 370 valence electrons. The van der Waals surface area contributed by atoms with Crippen molar-refractivity contribution in [2.45, 2.75) is 240 Å². The van der Waals surface area contributed by atoms with Crippen molar-refractivity contribution < 1.29 is 46.3 Å². The number of ether oxygens (including phenoxy) is 3. The highest BCUT2D eigenvalue weighted by Crippen LogP contribution is 2.48. The summed E-state index contributed by atoms with van der Waals surface area (Å²) in [4.78, 5) is 40.5. The van der Waals surface area contributed by atoms with E-state index in [1.54, 1.807) is 0 Å². The van der Waals surface area contributed by atoms with E-state index >= 15 is 0 Å². The number of primary amides is 1. The van der Waals surface area contributed by atoms with Gasteiger partial charge < -0.3 is 37.6 Å². The van der Waals surface area contributed by atoms with E-state index in [0.29, 0.717) is 29.0 Å². The van der Waals surface area contributed by atoms with Crippen molar-refractivity contribution in [3.05, 3.63) is 22.8 Å². The fourth-order valence-electron chi connectivity index (χ4n) is 7.71. The highest BCUT2D eigenvalue weighted by atomic mass is 28.4. The van der Waals surface area contributed by atoms with Gasteiger partial charge in [0, 0.05) is 37.2 Å². The molecule has 2 rings (SSSR count). The van der Waals surface area contributed by atoms with Gasteiger partial charge in [-0.3, -0.25) is 9.59 Å². The summed E-state index contributed by atoms with van der Waals surface area (Å²) >= 11 is 0. The summed E-state index contributed by atoms with van der Waals surface area (Å²) < 4.78 is 47.4. The second kappa shape index (κ2) is 21.1. The van der Waals surface area contributed by atoms with Gasteiger partial charge in [0.05, 0.1) is 25.4 Å². The monoisotopic (exact) mass is 968 g/mol. The molecule has 1 aromatic rings. The Kier molecular flexibility index (Phi) is 19.1. The molecule has 6 atom stereocenters. The second-order valence-corrected chi connectivity index (χ2v) is 42.8. The van der Waals surface area contributed by atoms with Crippen LogP contribution in [0, 0.1) is 18.3 Å². The van der Waals surface area contributed by atoms with Crippen molar-refractivity contribution in [1.29, 1.82) is 0 Å². The minimum Gasteiger partial charge on any atom is -0.543 e. The Balaban J connectivity index is 3.05. The minimum atomic E-state index is -2.56. The third-order valence-corrected chi connectivity index (χ3v) is 33.9. The van der Waals surface area contributed by atoms with Crippen molar-refractivity contribution in [1.82, 2.24) is 0 Å². The molecule has 1 aliphatic rings. The Morgan fingerprint density at radius 1 is 0.812 bits per heavy atom. The number of esters is 2. The molecule has 11 nitrogen and oxygen atoms in total. The third kappa shape index (κ3) is 13.6. The fraction of sp³-hybridized carbons (Fsp3) is 0.816. The predicted octanol–water partition coefficient (Wildman–Crippen LogP) is 12.5. The van der Waals surface area contributed by atoms with Crippen molar-refractivity contribution in [2.75, 3.05) is 7.11 Å². The number of hydrogen-bond donors (Lipinski definition) is 1. The summed E-state index contributed by atoms with van der Waals surface area (Å²) in [6.07, 6.45) is -2.09. The molecule has 0 unspecified atom stereocenters. The molecule has 1 aromatic carbocycles. The Bertz CT molecular complexity index is 1760. The lowest BCUT2D eigenvalue weighted by atomic mass is 9.73. The topological polar surface area (TPSA) is 142 Å². The lowest BCUT2D eigenvalue weighted by molar-refractivity contribution is -0.191. The zero-order valence-corrected chi connectivity index (χ0v) is 48.9. The van der Waals surface area contributed by atoms with E-state index in [2.05, 4.69) is 143 Å². The van der Waals surface area contributed by atoms with E-state index in [-0.39, 0.29) is 34.1 Å². The Hall–Kier alpha value is -2.02. The third-order valence-electron chi connectivity index (χ3n) is 16.0. The minimum absolute atomic E-state index is 0.110. The smallest absolute Gasteiger partial charge is 0.341 e. The largest absolute Gasteiger partial charge is 0.543 e. The van der Waals surface area contributed by atoms with E-state index in [1.807, 2.05) is 13.0 Å². The van der Waals surface area contributed by atoms with Crippen LogP contribution in [-0.4, -0.2) is 88.7 Å². The maximum absolute atomic E-state index is 14.3. The molecule has 0 saturated carbocycles. The van der Waals surface area contributed by atoms with Gasteiger partial charge in [-0.05, 0) is 97.0 Å². The number of nitrogens with two attached hydrogens (primary N) is 1. The highest BCUT2D eigenvalue weighted by molar-refractivity contribution is 6.75. The Morgan fingerprint density at radius 3 is 1.69 bits per heavy atom. The van der Waals surface area contributed by atoms with Gasteiger partial charge in [0.2, 0.25) is 14.2 Å². The average molecular weight is 969 g/mol. The van der Waals surface area contributed by atoms with Crippen LogP contribution in [0.25, 0.3) is 0 Å². The molecule has 1 amide bonds. The molecule has 2 N–H and O–H groups in total. The zero-order chi connectivity index (χ0) is 50.0. The molecular weight excluding hydrogens is 875 g/mol. The van der Waals surface area contributed by atoms with Crippen LogP contribution >= 0.6 is 0 Å². The number of methoxy groups -OCH3 is 1. The summed E-state index contributed by atoms with van der Waals surface area (Å²) in [6.45, 7) is 49.2. The maximum Gasteiger partial charge on any atom is 0.341 e. The fourth-order valence-corrected chi connectivity index (χ4v) is 14.2. The van der Waals surface area contributed by atoms with Crippen LogP contribution in [0.5, 0.6) is 11.5 Å². The van der Waals surface area contributed by atoms with Crippen molar-refractivity contribution in [3.8, 4) is 11.5 Å². The van der Waals surface area contributed by atoms with Gasteiger partial charge in [-0.25, -0.2) is 4.79 Å². The van der Waals surface area contributed by atoms with Gasteiger partial charge in [0.25, 0.3) is 8.32 Å². The average Bonchev–Trinajstić information content (AvgIpc) is 3.13. The lowest BCUT2D eigenvalue weighted by Gasteiger charge is -2.51. The standard InChI is InChI=1S/C49H93NO10Si4/c1-25-64(26-2,27-3)60-42-31-40(44(50)52)56-41(49(42,16)17)30-36(55-34(6)51)33(5)37(57-61(19,20)46(7,8)9)28-35-32(4)38(58-62(21,22)47(10,11)12)29-39(43(35)45(53)54-18)59-63(23,24)48(13,14)15/h29,33,36-37,40-42H,25-28,30-31H2,1-24H3,(H2,50,52)/t33-,36+,37-,40+,41-,42-/m1/s1. The van der Waals surface area contributed by atoms with Gasteiger partial charge in [0.15, 0.2) is 16.6 Å². The molecule has 0 bridgehead atoms. The van der Waals surface area contributed by atoms with Crippen LogP contribution in [0.4, 0.5) is 0 Å². The molecule has 1 saturated heterocycles. The number of benzene rings is 1. The number of rotatable bonds is 20. The van der Waals surface area contributed by atoms with Crippen LogP contribution < -0.4 is 14.6 Å². The highest BCUT2D eigenvalue weighted by Gasteiger charge is 2.52. The number of carbonyl (C=O) groups is 3. The van der Waals surface area contributed by atoms with Crippen molar-refractivity contribution in [2.24, 2.45) is 17.1 Å². The lowest BCUT2D eigenvalue weighted by Crippen LogP contribution is -2.58. The van der Waals surface area contributed by atoms with E-state index in [0.717, 1.165) is 23.7 Å². The summed E-state index contributed by atoms with van der Waals surface area (Å²) in [5, 5.41) is -0.472. The number of carbonyl (C=O) groups excluding carboxylic acids is 3. The van der Waals surface area contributed by atoms with E-state index < -0.39 is 86.9 Å². The van der Waals surface area contributed by atoms with Gasteiger partial charge in [-0.1, -0.05) is 104 Å². The first-order valence-corrected chi connectivity index (χ1v) is 35.1. The Morgan fingerprint density at radius 2 is 1.28 bits per heavy atom. The molecule has 1 aliphatic heterocycles. The SMILES string of the molecule is CC[Si](CC)(CC)O[C@@H]1C[C@@H](C(N)=O)O[C@H](C[C@H](OC(C)=O)[C@@H](C)[C@@H](Cc2c(C)c(O[Si](C)(C)C(C)(C)C)cc(O[Si](C)(C)C(C)(C)C)c2C(=O)OC)O[Si](C)(C)C(C)(C)C)C1(C)C. The number of hydrogen-bond acceptors (Lipinski definition) is 10. The van der Waals surface area contributed by atoms with Crippen molar-refractivity contribution >= 4 is 51.1 Å². The van der Waals surface area contributed by atoms with Crippen LogP contribution in [0.3, 0.4) is 0 Å².